The second-order valence-electron chi connectivity index (χ2n) is 5.26. The fraction of sp³-hybridized carbons (Fsp3) is 0.867. The summed E-state index contributed by atoms with van der Waals surface area (Å²) in [5, 5.41) is 18.0. The molecule has 0 aromatic heterocycles. The molecular formula is C15H24N2. The average molecular weight is 232 g/mol. The van der Waals surface area contributed by atoms with Gasteiger partial charge in [-0.1, -0.05) is 57.8 Å². The molecule has 0 bridgehead atoms. The lowest BCUT2D eigenvalue weighted by Crippen LogP contribution is -2.12. The Hall–Kier alpha value is -1.02. The molecule has 0 unspecified atom stereocenters. The van der Waals surface area contributed by atoms with E-state index in [1.54, 1.807) is 0 Å². The maximum absolute atomic E-state index is 8.99. The molecule has 0 heterocycles. The van der Waals surface area contributed by atoms with E-state index in [2.05, 4.69) is 12.1 Å². The van der Waals surface area contributed by atoms with Crippen molar-refractivity contribution in [2.45, 2.75) is 70.6 Å². The molecule has 2 heteroatoms. The molecule has 2 nitrogen and oxygen atoms in total. The summed E-state index contributed by atoms with van der Waals surface area (Å²) in [5.41, 5.74) is 0. The maximum Gasteiger partial charge on any atom is 0.136 e. The normalized spacial score (nSPS) is 20.9. The molecule has 0 saturated heterocycles. The van der Waals surface area contributed by atoms with Crippen LogP contribution in [0.4, 0.5) is 0 Å². The largest absolute Gasteiger partial charge is 0.197 e. The van der Waals surface area contributed by atoms with Gasteiger partial charge in [-0.15, -0.1) is 0 Å². The van der Waals surface area contributed by atoms with Crippen LogP contribution in [0, 0.1) is 34.5 Å². The smallest absolute Gasteiger partial charge is 0.136 e. The SMILES string of the molecule is N#CC(C#N)C1CCCCCCCCCCC1. The highest BCUT2D eigenvalue weighted by molar-refractivity contribution is 5.02. The zero-order chi connectivity index (χ0) is 12.3. The standard InChI is InChI=1S/C15H24N2/c16-12-15(13-17)14-10-8-6-4-2-1-3-5-7-9-11-14/h14-15H,1-11H2. The van der Waals surface area contributed by atoms with E-state index >= 15 is 0 Å². The van der Waals surface area contributed by atoms with Crippen LogP contribution in [-0.4, -0.2) is 0 Å². The molecule has 1 aliphatic carbocycles. The van der Waals surface area contributed by atoms with Crippen LogP contribution in [0.25, 0.3) is 0 Å². The molecule has 1 saturated carbocycles. The number of rotatable bonds is 1. The van der Waals surface area contributed by atoms with Gasteiger partial charge in [-0.25, -0.2) is 0 Å². The number of hydrogen-bond donors (Lipinski definition) is 0. The Labute approximate surface area is 106 Å². The second-order valence-corrected chi connectivity index (χ2v) is 5.26. The third kappa shape index (κ3) is 5.73. The van der Waals surface area contributed by atoms with Crippen molar-refractivity contribution in [3.63, 3.8) is 0 Å². The van der Waals surface area contributed by atoms with E-state index in [1.165, 1.54) is 57.8 Å². The summed E-state index contributed by atoms with van der Waals surface area (Å²) in [5.74, 6) is -0.0534. The molecule has 0 aromatic rings. The predicted molar refractivity (Wildman–Crippen MR) is 69.0 cm³/mol. The molecule has 0 spiro atoms. The van der Waals surface area contributed by atoms with Gasteiger partial charge in [0.05, 0.1) is 12.1 Å². The average Bonchev–Trinajstić information content (AvgIpc) is 2.33. The molecule has 17 heavy (non-hydrogen) atoms. The Morgan fingerprint density at radius 2 is 1.00 bits per heavy atom. The van der Waals surface area contributed by atoms with Crippen LogP contribution in [0.1, 0.15) is 70.6 Å². The van der Waals surface area contributed by atoms with Crippen LogP contribution in [-0.2, 0) is 0 Å². The highest BCUT2D eigenvalue weighted by Crippen LogP contribution is 2.26. The second kappa shape index (κ2) is 9.06. The lowest BCUT2D eigenvalue weighted by molar-refractivity contribution is 0.361. The minimum atomic E-state index is -0.377. The summed E-state index contributed by atoms with van der Waals surface area (Å²) in [6, 6.07) is 4.35. The third-order valence-corrected chi connectivity index (χ3v) is 3.90. The molecule has 0 amide bonds. The van der Waals surface area contributed by atoms with E-state index in [4.69, 9.17) is 10.5 Å². The zero-order valence-electron chi connectivity index (χ0n) is 10.8. The van der Waals surface area contributed by atoms with Crippen LogP contribution in [0.2, 0.25) is 0 Å². The Morgan fingerprint density at radius 3 is 1.35 bits per heavy atom. The highest BCUT2D eigenvalue weighted by Gasteiger charge is 2.20. The van der Waals surface area contributed by atoms with Gasteiger partial charge < -0.3 is 0 Å². The monoisotopic (exact) mass is 232 g/mol. The predicted octanol–water partition coefficient (Wildman–Crippen LogP) is 4.57. The molecule has 0 aliphatic heterocycles. The maximum atomic E-state index is 8.99. The highest BCUT2D eigenvalue weighted by atomic mass is 14.3. The lowest BCUT2D eigenvalue weighted by atomic mass is 9.84. The van der Waals surface area contributed by atoms with Crippen molar-refractivity contribution in [2.24, 2.45) is 11.8 Å². The Balaban J connectivity index is 2.43. The first-order valence-electron chi connectivity index (χ1n) is 7.17. The molecule has 1 fully saturated rings. The summed E-state index contributed by atoms with van der Waals surface area (Å²) in [7, 11) is 0. The van der Waals surface area contributed by atoms with Crippen molar-refractivity contribution in [3.05, 3.63) is 0 Å². The summed E-state index contributed by atoms with van der Waals surface area (Å²) in [4.78, 5) is 0. The molecular weight excluding hydrogens is 208 g/mol. The van der Waals surface area contributed by atoms with Crippen molar-refractivity contribution in [1.82, 2.24) is 0 Å². The van der Waals surface area contributed by atoms with Crippen LogP contribution in [0.5, 0.6) is 0 Å². The van der Waals surface area contributed by atoms with Gasteiger partial charge in [-0.05, 0) is 18.8 Å². The molecule has 0 N–H and O–H groups in total. The third-order valence-electron chi connectivity index (χ3n) is 3.90. The van der Waals surface area contributed by atoms with Gasteiger partial charge >= 0.3 is 0 Å². The topological polar surface area (TPSA) is 47.6 Å². The first kappa shape index (κ1) is 14.0. The Morgan fingerprint density at radius 1 is 0.647 bits per heavy atom. The van der Waals surface area contributed by atoms with Crippen molar-refractivity contribution in [2.75, 3.05) is 0 Å². The summed E-state index contributed by atoms with van der Waals surface area (Å²) in [6.45, 7) is 0. The van der Waals surface area contributed by atoms with Crippen LogP contribution < -0.4 is 0 Å². The van der Waals surface area contributed by atoms with Gasteiger partial charge in [0, 0.05) is 0 Å². The quantitative estimate of drug-likeness (QED) is 0.664. The van der Waals surface area contributed by atoms with Gasteiger partial charge in [0.2, 0.25) is 0 Å². The fourth-order valence-corrected chi connectivity index (χ4v) is 2.77. The number of nitrogens with zero attached hydrogens (tertiary/aromatic N) is 2. The minimum absolute atomic E-state index is 0.324. The molecule has 0 aromatic carbocycles. The fourth-order valence-electron chi connectivity index (χ4n) is 2.77. The van der Waals surface area contributed by atoms with E-state index in [0.29, 0.717) is 5.92 Å². The molecule has 94 valence electrons. The van der Waals surface area contributed by atoms with Gasteiger partial charge in [-0.2, -0.15) is 10.5 Å². The van der Waals surface area contributed by atoms with Crippen LogP contribution >= 0.6 is 0 Å². The lowest BCUT2D eigenvalue weighted by Gasteiger charge is -2.18. The zero-order valence-corrected chi connectivity index (χ0v) is 10.8. The summed E-state index contributed by atoms with van der Waals surface area (Å²) < 4.78 is 0. The Bertz CT molecular complexity index is 246. The first-order chi connectivity index (χ1) is 8.38. The molecule has 0 atom stereocenters. The Kier molecular flexibility index (Phi) is 7.48. The van der Waals surface area contributed by atoms with Crippen molar-refractivity contribution in [1.29, 1.82) is 10.5 Å². The van der Waals surface area contributed by atoms with E-state index in [1.807, 2.05) is 0 Å². The van der Waals surface area contributed by atoms with E-state index in [9.17, 15) is 0 Å². The van der Waals surface area contributed by atoms with Crippen LogP contribution in [0.15, 0.2) is 0 Å². The first-order valence-corrected chi connectivity index (χ1v) is 7.17. The molecule has 1 aliphatic rings. The van der Waals surface area contributed by atoms with Crippen LogP contribution in [0.3, 0.4) is 0 Å². The van der Waals surface area contributed by atoms with Gasteiger partial charge in [0.15, 0.2) is 0 Å². The number of hydrogen-bond acceptors (Lipinski definition) is 2. The van der Waals surface area contributed by atoms with Crippen molar-refractivity contribution < 1.29 is 0 Å². The molecule has 1 rings (SSSR count). The van der Waals surface area contributed by atoms with Gasteiger partial charge in [-0.3, -0.25) is 0 Å². The van der Waals surface area contributed by atoms with E-state index in [-0.39, 0.29) is 5.92 Å². The summed E-state index contributed by atoms with van der Waals surface area (Å²) >= 11 is 0. The summed E-state index contributed by atoms with van der Waals surface area (Å²) in [6.07, 6.45) is 13.9. The molecule has 0 radical (unpaired) electrons. The van der Waals surface area contributed by atoms with E-state index in [0.717, 1.165) is 12.8 Å². The van der Waals surface area contributed by atoms with Gasteiger partial charge in [0.25, 0.3) is 0 Å². The van der Waals surface area contributed by atoms with Gasteiger partial charge in [0.1, 0.15) is 5.92 Å². The number of nitriles is 2. The van der Waals surface area contributed by atoms with Crippen molar-refractivity contribution in [3.8, 4) is 12.1 Å². The van der Waals surface area contributed by atoms with E-state index < -0.39 is 0 Å². The van der Waals surface area contributed by atoms with Crippen molar-refractivity contribution >= 4 is 0 Å². The minimum Gasteiger partial charge on any atom is -0.197 e.